The van der Waals surface area contributed by atoms with E-state index in [-0.39, 0.29) is 11.9 Å². The van der Waals surface area contributed by atoms with Crippen molar-refractivity contribution in [2.75, 3.05) is 24.5 Å². The van der Waals surface area contributed by atoms with Crippen LogP contribution in [0.3, 0.4) is 0 Å². The Bertz CT molecular complexity index is 1430. The predicted molar refractivity (Wildman–Crippen MR) is 144 cm³/mol. The van der Waals surface area contributed by atoms with Crippen LogP contribution in [0.15, 0.2) is 67.0 Å². The number of likely N-dealkylation sites (tertiary alicyclic amines) is 1. The number of fused-ring (bicyclic) bond motifs is 2. The lowest BCUT2D eigenvalue weighted by Gasteiger charge is -2.32. The van der Waals surface area contributed by atoms with Crippen LogP contribution in [0.2, 0.25) is 0 Å². The van der Waals surface area contributed by atoms with E-state index in [9.17, 15) is 4.79 Å². The van der Waals surface area contributed by atoms with Gasteiger partial charge in [0, 0.05) is 43.2 Å². The fourth-order valence-corrected chi connectivity index (χ4v) is 5.54. The number of hydrogen-bond donors (Lipinski definition) is 1. The fourth-order valence-electron chi connectivity index (χ4n) is 5.54. The van der Waals surface area contributed by atoms with Crippen molar-refractivity contribution in [3.8, 4) is 11.1 Å². The number of aromatic nitrogens is 2. The fraction of sp³-hybridized carbons (Fsp3) is 0.300. The quantitative estimate of drug-likeness (QED) is 0.462. The summed E-state index contributed by atoms with van der Waals surface area (Å²) in [5.74, 6) is 1.06. The van der Waals surface area contributed by atoms with Crippen LogP contribution in [-0.2, 0) is 13.0 Å². The third-order valence-corrected chi connectivity index (χ3v) is 7.61. The Morgan fingerprint density at radius 3 is 2.53 bits per heavy atom. The molecule has 6 nitrogen and oxygen atoms in total. The van der Waals surface area contributed by atoms with Crippen molar-refractivity contribution in [1.82, 2.24) is 14.9 Å². The molecule has 2 N–H and O–H groups in total. The van der Waals surface area contributed by atoms with Crippen LogP contribution >= 0.6 is 0 Å². The van der Waals surface area contributed by atoms with E-state index in [0.29, 0.717) is 0 Å². The minimum atomic E-state index is 0.109. The summed E-state index contributed by atoms with van der Waals surface area (Å²) in [7, 11) is 0. The highest BCUT2D eigenvalue weighted by molar-refractivity contribution is 5.96. The van der Waals surface area contributed by atoms with Gasteiger partial charge in [0.15, 0.2) is 0 Å². The van der Waals surface area contributed by atoms with E-state index in [2.05, 4.69) is 65.3 Å². The van der Waals surface area contributed by atoms with Crippen molar-refractivity contribution in [2.24, 2.45) is 5.73 Å². The van der Waals surface area contributed by atoms with Crippen molar-refractivity contribution >= 4 is 22.6 Å². The molecule has 36 heavy (non-hydrogen) atoms. The van der Waals surface area contributed by atoms with Crippen molar-refractivity contribution < 1.29 is 4.79 Å². The van der Waals surface area contributed by atoms with Crippen LogP contribution in [0.1, 0.15) is 39.9 Å². The second-order valence-electron chi connectivity index (χ2n) is 10.0. The average molecular weight is 478 g/mol. The molecule has 1 fully saturated rings. The first-order chi connectivity index (χ1) is 17.6. The van der Waals surface area contributed by atoms with Crippen molar-refractivity contribution in [3.05, 3.63) is 89.2 Å². The third-order valence-electron chi connectivity index (χ3n) is 7.61. The molecule has 0 saturated carbocycles. The van der Waals surface area contributed by atoms with Crippen LogP contribution in [0.25, 0.3) is 22.0 Å². The second-order valence-corrected chi connectivity index (χ2v) is 10.0. The molecule has 3 aromatic carbocycles. The highest BCUT2D eigenvalue weighted by Crippen LogP contribution is 2.33. The van der Waals surface area contributed by atoms with Crippen molar-refractivity contribution in [3.63, 3.8) is 0 Å². The van der Waals surface area contributed by atoms with Gasteiger partial charge in [-0.15, -0.1) is 0 Å². The van der Waals surface area contributed by atoms with Crippen LogP contribution < -0.4 is 10.6 Å². The zero-order chi connectivity index (χ0) is 24.6. The molecule has 182 valence electrons. The van der Waals surface area contributed by atoms with E-state index in [1.54, 1.807) is 6.33 Å². The highest BCUT2D eigenvalue weighted by atomic mass is 16.2. The normalized spacial score (nSPS) is 16.3. The summed E-state index contributed by atoms with van der Waals surface area (Å²) in [6, 6.07) is 21.3. The predicted octanol–water partition coefficient (Wildman–Crippen LogP) is 4.73. The summed E-state index contributed by atoms with van der Waals surface area (Å²) in [6.45, 7) is 5.19. The lowest BCUT2D eigenvalue weighted by Crippen LogP contribution is -2.43. The highest BCUT2D eigenvalue weighted by Gasteiger charge is 2.25. The molecule has 3 heterocycles. The SMILES string of the molecule is Cc1cc(-c2ccccc2)cc2c(N3CCc4ccc(C(=O)N5CCC(N)CC5)cc4C3)ncnc12. The molecule has 2 aliphatic rings. The largest absolute Gasteiger partial charge is 0.351 e. The summed E-state index contributed by atoms with van der Waals surface area (Å²) in [5.41, 5.74) is 13.8. The molecule has 6 rings (SSSR count). The molecule has 0 aliphatic carbocycles. The van der Waals surface area contributed by atoms with E-state index in [1.807, 2.05) is 17.0 Å². The molecule has 1 aromatic heterocycles. The molecule has 1 saturated heterocycles. The molecule has 2 aliphatic heterocycles. The molecule has 0 spiro atoms. The van der Waals surface area contributed by atoms with Gasteiger partial charge in [-0.3, -0.25) is 4.79 Å². The van der Waals surface area contributed by atoms with Crippen LogP contribution in [0, 0.1) is 6.92 Å². The molecule has 0 unspecified atom stereocenters. The number of amides is 1. The van der Waals surface area contributed by atoms with E-state index >= 15 is 0 Å². The molecule has 1 amide bonds. The van der Waals surface area contributed by atoms with Crippen LogP contribution in [0.4, 0.5) is 5.82 Å². The standard InChI is InChI=1S/C30H31N5O/c1-20-15-24(21-5-3-2-4-6-21)17-27-28(20)32-19-33-29(27)35-12-9-22-7-8-23(16-25(22)18-35)30(36)34-13-10-26(31)11-14-34/h2-8,15-17,19,26H,9-14,18,31H2,1H3. The number of nitrogens with two attached hydrogens (primary N) is 1. The summed E-state index contributed by atoms with van der Waals surface area (Å²) < 4.78 is 0. The number of anilines is 1. The Hall–Kier alpha value is -3.77. The molecular formula is C30H31N5O. The number of rotatable bonds is 3. The minimum absolute atomic E-state index is 0.109. The van der Waals surface area contributed by atoms with Gasteiger partial charge >= 0.3 is 0 Å². The number of piperidine rings is 1. The van der Waals surface area contributed by atoms with Gasteiger partial charge in [0.1, 0.15) is 12.1 Å². The Balaban J connectivity index is 1.32. The summed E-state index contributed by atoms with van der Waals surface area (Å²) in [6.07, 6.45) is 4.33. The summed E-state index contributed by atoms with van der Waals surface area (Å²) >= 11 is 0. The first kappa shape index (κ1) is 22.7. The van der Waals surface area contributed by atoms with Crippen molar-refractivity contribution in [2.45, 2.75) is 38.8 Å². The maximum atomic E-state index is 13.2. The molecular weight excluding hydrogens is 446 g/mol. The maximum absolute atomic E-state index is 13.2. The summed E-state index contributed by atoms with van der Waals surface area (Å²) in [5, 5.41) is 1.07. The Morgan fingerprint density at radius 2 is 1.72 bits per heavy atom. The van der Waals surface area contributed by atoms with Gasteiger partial charge in [-0.1, -0.05) is 36.4 Å². The van der Waals surface area contributed by atoms with Gasteiger partial charge in [-0.25, -0.2) is 9.97 Å². The first-order valence-electron chi connectivity index (χ1n) is 12.8. The van der Waals surface area contributed by atoms with Crippen molar-refractivity contribution in [1.29, 1.82) is 0 Å². The van der Waals surface area contributed by atoms with Gasteiger partial charge in [0.05, 0.1) is 5.52 Å². The molecule has 6 heteroatoms. The number of hydrogen-bond acceptors (Lipinski definition) is 5. The average Bonchev–Trinajstić information content (AvgIpc) is 2.92. The topological polar surface area (TPSA) is 75.4 Å². The number of carbonyl (C=O) groups excluding carboxylic acids is 1. The van der Waals surface area contributed by atoms with E-state index in [1.165, 1.54) is 22.3 Å². The molecule has 0 bridgehead atoms. The summed E-state index contributed by atoms with van der Waals surface area (Å²) in [4.78, 5) is 26.8. The van der Waals surface area contributed by atoms with E-state index < -0.39 is 0 Å². The smallest absolute Gasteiger partial charge is 0.253 e. The van der Waals surface area contributed by atoms with Crippen LogP contribution in [-0.4, -0.2) is 46.5 Å². The zero-order valence-electron chi connectivity index (χ0n) is 20.7. The second kappa shape index (κ2) is 9.36. The molecule has 0 atom stereocenters. The van der Waals surface area contributed by atoms with Gasteiger partial charge in [0.2, 0.25) is 0 Å². The number of nitrogens with zero attached hydrogens (tertiary/aromatic N) is 4. The van der Waals surface area contributed by atoms with Gasteiger partial charge in [0.25, 0.3) is 5.91 Å². The van der Waals surface area contributed by atoms with Gasteiger partial charge < -0.3 is 15.5 Å². The Morgan fingerprint density at radius 1 is 0.917 bits per heavy atom. The van der Waals surface area contributed by atoms with E-state index in [4.69, 9.17) is 10.7 Å². The molecule has 0 radical (unpaired) electrons. The first-order valence-corrected chi connectivity index (χ1v) is 12.8. The zero-order valence-corrected chi connectivity index (χ0v) is 20.7. The minimum Gasteiger partial charge on any atom is -0.351 e. The number of aryl methyl sites for hydroxylation is 1. The lowest BCUT2D eigenvalue weighted by atomic mass is 9.95. The number of benzene rings is 3. The third kappa shape index (κ3) is 4.22. The van der Waals surface area contributed by atoms with E-state index in [0.717, 1.165) is 73.3 Å². The maximum Gasteiger partial charge on any atom is 0.253 e. The van der Waals surface area contributed by atoms with Gasteiger partial charge in [-0.05, 0) is 78.3 Å². The molecule has 4 aromatic rings. The monoisotopic (exact) mass is 477 g/mol. The van der Waals surface area contributed by atoms with Crippen LogP contribution in [0.5, 0.6) is 0 Å². The number of carbonyl (C=O) groups is 1. The Labute approximate surface area is 211 Å². The Kier molecular flexibility index (Phi) is 5.89. The lowest BCUT2D eigenvalue weighted by molar-refractivity contribution is 0.0714. The van der Waals surface area contributed by atoms with Gasteiger partial charge in [-0.2, -0.15) is 0 Å².